The lowest BCUT2D eigenvalue weighted by Crippen LogP contribution is -2.40. The van der Waals surface area contributed by atoms with E-state index in [-0.39, 0.29) is 24.6 Å². The molecule has 2 heterocycles. The highest BCUT2D eigenvalue weighted by Gasteiger charge is 2.21. The molecule has 0 aliphatic carbocycles. The quantitative estimate of drug-likeness (QED) is 0.788. The number of carbonyl (C=O) groups excluding carboxylic acids is 1. The van der Waals surface area contributed by atoms with Crippen LogP contribution < -0.4 is 11.0 Å². The molecule has 0 bridgehead atoms. The molecule has 2 rings (SSSR count). The third kappa shape index (κ3) is 3.33. The van der Waals surface area contributed by atoms with E-state index in [2.05, 4.69) is 10.4 Å². The summed E-state index contributed by atoms with van der Waals surface area (Å²) >= 11 is 0. The first-order valence-electron chi connectivity index (χ1n) is 6.96. The van der Waals surface area contributed by atoms with Gasteiger partial charge in [-0.15, -0.1) is 5.10 Å². The fourth-order valence-electron chi connectivity index (χ4n) is 1.99. The fraction of sp³-hybridized carbons (Fsp3) is 0.429. The molecule has 0 aromatic carbocycles. The number of pyridine rings is 1. The van der Waals surface area contributed by atoms with Crippen molar-refractivity contribution in [2.45, 2.75) is 32.9 Å². The van der Waals surface area contributed by atoms with E-state index in [4.69, 9.17) is 5.11 Å². The SMILES string of the molecule is CC(NC(=O)CCn1nc2ccccn2c1=O)C(C)C(=O)O. The van der Waals surface area contributed by atoms with Crippen LogP contribution in [-0.2, 0) is 16.1 Å². The van der Waals surface area contributed by atoms with Crippen molar-refractivity contribution >= 4 is 17.5 Å². The monoisotopic (exact) mass is 306 g/mol. The smallest absolute Gasteiger partial charge is 0.350 e. The van der Waals surface area contributed by atoms with Gasteiger partial charge in [0.1, 0.15) is 0 Å². The largest absolute Gasteiger partial charge is 0.481 e. The molecular formula is C14H18N4O4. The van der Waals surface area contributed by atoms with E-state index in [1.165, 1.54) is 16.0 Å². The molecule has 8 heteroatoms. The van der Waals surface area contributed by atoms with Gasteiger partial charge in [-0.2, -0.15) is 0 Å². The molecule has 118 valence electrons. The molecule has 2 aromatic heterocycles. The van der Waals surface area contributed by atoms with Crippen LogP contribution in [-0.4, -0.2) is 37.2 Å². The fourth-order valence-corrected chi connectivity index (χ4v) is 1.99. The van der Waals surface area contributed by atoms with Gasteiger partial charge < -0.3 is 10.4 Å². The Morgan fingerprint density at radius 2 is 2.09 bits per heavy atom. The number of aryl methyl sites for hydroxylation is 1. The maximum Gasteiger partial charge on any atom is 0.350 e. The van der Waals surface area contributed by atoms with Crippen LogP contribution in [0, 0.1) is 5.92 Å². The number of hydrogen-bond acceptors (Lipinski definition) is 4. The Bertz CT molecular complexity index is 749. The number of rotatable bonds is 6. The van der Waals surface area contributed by atoms with Crippen LogP contribution in [0.2, 0.25) is 0 Å². The van der Waals surface area contributed by atoms with Crippen LogP contribution in [0.4, 0.5) is 0 Å². The molecule has 22 heavy (non-hydrogen) atoms. The van der Waals surface area contributed by atoms with Crippen molar-refractivity contribution in [1.82, 2.24) is 19.5 Å². The topological polar surface area (TPSA) is 106 Å². The van der Waals surface area contributed by atoms with E-state index in [0.29, 0.717) is 5.65 Å². The van der Waals surface area contributed by atoms with E-state index in [0.717, 1.165) is 0 Å². The van der Waals surface area contributed by atoms with E-state index in [9.17, 15) is 14.4 Å². The molecule has 0 aliphatic heterocycles. The summed E-state index contributed by atoms with van der Waals surface area (Å²) in [5.74, 6) is -1.96. The summed E-state index contributed by atoms with van der Waals surface area (Å²) in [4.78, 5) is 34.7. The van der Waals surface area contributed by atoms with Crippen LogP contribution in [0.25, 0.3) is 5.65 Å². The van der Waals surface area contributed by atoms with Gasteiger partial charge in [0.05, 0.1) is 12.5 Å². The Hall–Kier alpha value is -2.64. The van der Waals surface area contributed by atoms with Crippen molar-refractivity contribution in [3.05, 3.63) is 34.9 Å². The molecule has 1 amide bonds. The summed E-state index contributed by atoms with van der Waals surface area (Å²) in [7, 11) is 0. The van der Waals surface area contributed by atoms with Crippen LogP contribution in [0.5, 0.6) is 0 Å². The van der Waals surface area contributed by atoms with E-state index < -0.39 is 17.9 Å². The highest BCUT2D eigenvalue weighted by molar-refractivity contribution is 5.77. The Balaban J connectivity index is 1.97. The van der Waals surface area contributed by atoms with Crippen LogP contribution in [0.15, 0.2) is 29.2 Å². The summed E-state index contributed by atoms with van der Waals surface area (Å²) in [5, 5.41) is 15.6. The first-order chi connectivity index (χ1) is 10.4. The highest BCUT2D eigenvalue weighted by Crippen LogP contribution is 2.03. The van der Waals surface area contributed by atoms with Gasteiger partial charge in [0.25, 0.3) is 0 Å². The number of aliphatic carboxylic acids is 1. The Morgan fingerprint density at radius 1 is 1.36 bits per heavy atom. The summed E-state index contributed by atoms with van der Waals surface area (Å²) in [6, 6.07) is 4.72. The van der Waals surface area contributed by atoms with Crippen LogP contribution >= 0.6 is 0 Å². The molecule has 0 aliphatic rings. The Kier molecular flexibility index (Phi) is 4.59. The Labute approximate surface area is 126 Å². The standard InChI is InChI=1S/C14H18N4O4/c1-9(13(20)21)10(2)15-12(19)6-8-18-14(22)17-7-4-3-5-11(17)16-18/h3-5,7,9-10H,6,8H2,1-2H3,(H,15,19)(H,20,21). The summed E-state index contributed by atoms with van der Waals surface area (Å²) in [6.45, 7) is 3.30. The lowest BCUT2D eigenvalue weighted by molar-refractivity contribution is -0.142. The minimum Gasteiger partial charge on any atom is -0.481 e. The number of amides is 1. The first kappa shape index (κ1) is 15.7. The van der Waals surface area contributed by atoms with Crippen LogP contribution in [0.3, 0.4) is 0 Å². The maximum absolute atomic E-state index is 12.0. The zero-order valence-corrected chi connectivity index (χ0v) is 12.4. The lowest BCUT2D eigenvalue weighted by Gasteiger charge is -2.17. The Morgan fingerprint density at radius 3 is 2.73 bits per heavy atom. The van der Waals surface area contributed by atoms with Crippen molar-refractivity contribution in [3.63, 3.8) is 0 Å². The highest BCUT2D eigenvalue weighted by atomic mass is 16.4. The molecular weight excluding hydrogens is 288 g/mol. The molecule has 0 fully saturated rings. The van der Waals surface area contributed by atoms with E-state index >= 15 is 0 Å². The van der Waals surface area contributed by atoms with Gasteiger partial charge in [-0.25, -0.2) is 9.48 Å². The van der Waals surface area contributed by atoms with Gasteiger partial charge in [-0.1, -0.05) is 6.07 Å². The van der Waals surface area contributed by atoms with Crippen LogP contribution in [0.1, 0.15) is 20.3 Å². The number of aromatic nitrogens is 3. The average Bonchev–Trinajstić information content (AvgIpc) is 2.81. The third-order valence-corrected chi connectivity index (χ3v) is 3.57. The van der Waals surface area contributed by atoms with E-state index in [1.807, 2.05) is 0 Å². The number of nitrogens with one attached hydrogen (secondary N) is 1. The molecule has 2 unspecified atom stereocenters. The number of carbonyl (C=O) groups is 2. The maximum atomic E-state index is 12.0. The van der Waals surface area contributed by atoms with Gasteiger partial charge in [0, 0.05) is 18.7 Å². The summed E-state index contributed by atoms with van der Waals surface area (Å²) in [6.07, 6.45) is 1.66. The number of carboxylic acids is 1. The number of hydrogen-bond donors (Lipinski definition) is 2. The minimum atomic E-state index is -0.968. The van der Waals surface area contributed by atoms with Crippen molar-refractivity contribution in [2.24, 2.45) is 5.92 Å². The molecule has 8 nitrogen and oxygen atoms in total. The number of nitrogens with zero attached hydrogens (tertiary/aromatic N) is 3. The molecule has 2 aromatic rings. The molecule has 2 N–H and O–H groups in total. The second-order valence-electron chi connectivity index (χ2n) is 5.17. The zero-order valence-electron chi connectivity index (χ0n) is 12.4. The normalized spacial score (nSPS) is 13.7. The van der Waals surface area contributed by atoms with Crippen molar-refractivity contribution < 1.29 is 14.7 Å². The zero-order chi connectivity index (χ0) is 16.3. The lowest BCUT2D eigenvalue weighted by atomic mass is 10.0. The first-order valence-corrected chi connectivity index (χ1v) is 6.96. The average molecular weight is 306 g/mol. The van der Waals surface area contributed by atoms with Gasteiger partial charge in [-0.3, -0.25) is 14.0 Å². The molecule has 0 radical (unpaired) electrons. The third-order valence-electron chi connectivity index (χ3n) is 3.57. The van der Waals surface area contributed by atoms with Gasteiger partial charge in [-0.05, 0) is 26.0 Å². The second-order valence-corrected chi connectivity index (χ2v) is 5.17. The molecule has 2 atom stereocenters. The minimum absolute atomic E-state index is 0.0560. The van der Waals surface area contributed by atoms with Crippen molar-refractivity contribution in [2.75, 3.05) is 0 Å². The predicted octanol–water partition coefficient (Wildman–Crippen LogP) is 0.111. The molecule has 0 saturated heterocycles. The molecule has 0 spiro atoms. The predicted molar refractivity (Wildman–Crippen MR) is 78.5 cm³/mol. The summed E-state index contributed by atoms with van der Waals surface area (Å²) in [5.41, 5.74) is 0.205. The molecule has 0 saturated carbocycles. The number of carboxylic acid groups (broad SMARTS) is 1. The van der Waals surface area contributed by atoms with Gasteiger partial charge >= 0.3 is 11.7 Å². The number of fused-ring (bicyclic) bond motifs is 1. The van der Waals surface area contributed by atoms with Crippen molar-refractivity contribution in [3.8, 4) is 0 Å². The second kappa shape index (κ2) is 6.42. The van der Waals surface area contributed by atoms with Crippen molar-refractivity contribution in [1.29, 1.82) is 0 Å². The van der Waals surface area contributed by atoms with Gasteiger partial charge in [0.2, 0.25) is 5.91 Å². The summed E-state index contributed by atoms with van der Waals surface area (Å²) < 4.78 is 2.62. The van der Waals surface area contributed by atoms with E-state index in [1.54, 1.807) is 31.3 Å². The van der Waals surface area contributed by atoms with Gasteiger partial charge in [0.15, 0.2) is 5.65 Å².